The average molecular weight is 717 g/mol. The molecule has 1 fully saturated rings. The minimum Gasteiger partial charge on any atom is -0.425 e. The fourth-order valence-corrected chi connectivity index (χ4v) is 6.81. The van der Waals surface area contributed by atoms with Crippen LogP contribution >= 0.6 is 0 Å². The van der Waals surface area contributed by atoms with Gasteiger partial charge in [0.2, 0.25) is 0 Å². The summed E-state index contributed by atoms with van der Waals surface area (Å²) in [6, 6.07) is 17.0. The van der Waals surface area contributed by atoms with Gasteiger partial charge in [-0.1, -0.05) is 29.8 Å². The highest BCUT2D eigenvalue weighted by Crippen LogP contribution is 2.28. The number of carbonyl (C=O) groups excluding carboxylic acids is 2. The summed E-state index contributed by atoms with van der Waals surface area (Å²) in [6.45, 7) is 7.14. The lowest BCUT2D eigenvalue weighted by Crippen LogP contribution is -2.45. The number of nitrogens with one attached hydrogen (secondary N) is 1. The van der Waals surface area contributed by atoms with Crippen molar-refractivity contribution in [3.05, 3.63) is 134 Å². The molecule has 0 radical (unpaired) electrons. The SMILES string of the molecule is Cc1ccc(OC(=O)[C@H](Cc2ccc(-n3c(=O)c4ccncc4n(C)c3=O)c3ncccc23)NC(=O)c2c(C)cc(N3CCOC[C@@H]3C)cc2F)cc1. The number of morpholine rings is 1. The normalized spacial score (nSPS) is 15.0. The number of ether oxygens (including phenoxy) is 2. The molecule has 1 aliphatic heterocycles. The molecular weight excluding hydrogens is 679 g/mol. The monoisotopic (exact) mass is 716 g/mol. The van der Waals surface area contributed by atoms with Gasteiger partial charge >= 0.3 is 11.7 Å². The molecule has 0 unspecified atom stereocenters. The lowest BCUT2D eigenvalue weighted by atomic mass is 9.99. The van der Waals surface area contributed by atoms with E-state index in [1.165, 1.54) is 29.2 Å². The smallest absolute Gasteiger partial charge is 0.335 e. The largest absolute Gasteiger partial charge is 0.425 e. The van der Waals surface area contributed by atoms with E-state index in [0.29, 0.717) is 58.4 Å². The number of benzene rings is 3. The Morgan fingerprint density at radius 2 is 1.83 bits per heavy atom. The summed E-state index contributed by atoms with van der Waals surface area (Å²) in [5, 5.41) is 3.57. The van der Waals surface area contributed by atoms with Crippen LogP contribution in [0.5, 0.6) is 5.75 Å². The Morgan fingerprint density at radius 3 is 2.58 bits per heavy atom. The topological polar surface area (TPSA) is 138 Å². The van der Waals surface area contributed by atoms with Crippen LogP contribution in [0.1, 0.15) is 34.0 Å². The molecule has 0 saturated carbocycles. The molecule has 3 aromatic carbocycles. The number of aromatic nitrogens is 4. The van der Waals surface area contributed by atoms with E-state index < -0.39 is 35.0 Å². The van der Waals surface area contributed by atoms with Crippen LogP contribution in [0.3, 0.4) is 0 Å². The predicted octanol–water partition coefficient (Wildman–Crippen LogP) is 4.56. The zero-order valence-electron chi connectivity index (χ0n) is 29.6. The third kappa shape index (κ3) is 6.78. The molecular formula is C40H37FN6O6. The molecule has 7 rings (SSSR count). The van der Waals surface area contributed by atoms with E-state index >= 15 is 4.39 Å². The molecule has 3 aromatic heterocycles. The van der Waals surface area contributed by atoms with Gasteiger partial charge in [0.15, 0.2) is 0 Å². The first-order valence-corrected chi connectivity index (χ1v) is 17.2. The summed E-state index contributed by atoms with van der Waals surface area (Å²) < 4.78 is 29.5. The van der Waals surface area contributed by atoms with Crippen LogP contribution in [0.15, 0.2) is 94.9 Å². The molecule has 12 nitrogen and oxygen atoms in total. The van der Waals surface area contributed by atoms with Crippen molar-refractivity contribution in [3.8, 4) is 11.4 Å². The highest BCUT2D eigenvalue weighted by atomic mass is 19.1. The molecule has 6 aromatic rings. The van der Waals surface area contributed by atoms with Crippen molar-refractivity contribution < 1.29 is 23.5 Å². The Kier molecular flexibility index (Phi) is 9.58. The molecule has 0 aliphatic carbocycles. The van der Waals surface area contributed by atoms with Gasteiger partial charge in [0, 0.05) is 49.5 Å². The maximum Gasteiger partial charge on any atom is 0.335 e. The number of halogens is 1. The van der Waals surface area contributed by atoms with E-state index in [0.717, 1.165) is 10.1 Å². The fraction of sp³-hybridized carbons (Fsp3) is 0.250. The standard InChI is InChI=1S/C40H37FN6O6/c1-23-7-10-28(11-8-23)53-39(50)32(44-37(48)35-24(2)18-27(20-31(35)41)46-16-17-52-22-25(46)3)19-26-9-12-33(36-29(26)6-5-14-43-36)47-38(49)30-13-15-42-21-34(30)45(4)40(47)51/h5-15,18,20-21,25,32H,16-17,19,22H2,1-4H3,(H,44,48)/t25-,32-/m0/s1. The number of pyridine rings is 2. The Morgan fingerprint density at radius 1 is 1.04 bits per heavy atom. The van der Waals surface area contributed by atoms with Crippen LogP contribution in [0.2, 0.25) is 0 Å². The predicted molar refractivity (Wildman–Crippen MR) is 198 cm³/mol. The molecule has 4 heterocycles. The number of rotatable bonds is 8. The molecule has 1 aliphatic rings. The van der Waals surface area contributed by atoms with E-state index in [1.54, 1.807) is 74.6 Å². The first kappa shape index (κ1) is 35.2. The zero-order valence-corrected chi connectivity index (χ0v) is 29.6. The Balaban J connectivity index is 1.27. The quantitative estimate of drug-likeness (QED) is 0.178. The van der Waals surface area contributed by atoms with Gasteiger partial charge in [-0.15, -0.1) is 0 Å². The maximum atomic E-state index is 15.8. The first-order valence-electron chi connectivity index (χ1n) is 17.2. The van der Waals surface area contributed by atoms with Gasteiger partial charge in [-0.3, -0.25) is 24.1 Å². The van der Waals surface area contributed by atoms with Crippen LogP contribution in [-0.2, 0) is 23.0 Å². The van der Waals surface area contributed by atoms with Crippen molar-refractivity contribution in [2.45, 2.75) is 39.3 Å². The molecule has 0 bridgehead atoms. The minimum absolute atomic E-state index is 0.0269. The first-order chi connectivity index (χ1) is 25.5. The van der Waals surface area contributed by atoms with Gasteiger partial charge in [0.25, 0.3) is 11.5 Å². The van der Waals surface area contributed by atoms with Crippen molar-refractivity contribution in [1.29, 1.82) is 0 Å². The van der Waals surface area contributed by atoms with Gasteiger partial charge in [-0.05, 0) is 74.4 Å². The van der Waals surface area contributed by atoms with Crippen molar-refractivity contribution in [2.75, 3.05) is 24.7 Å². The van der Waals surface area contributed by atoms with Gasteiger partial charge in [-0.2, -0.15) is 0 Å². The molecule has 1 amide bonds. The van der Waals surface area contributed by atoms with E-state index in [-0.39, 0.29) is 29.5 Å². The van der Waals surface area contributed by atoms with E-state index in [4.69, 9.17) is 9.47 Å². The van der Waals surface area contributed by atoms with Crippen LogP contribution in [0.25, 0.3) is 27.5 Å². The number of anilines is 1. The highest BCUT2D eigenvalue weighted by molar-refractivity contribution is 5.99. The van der Waals surface area contributed by atoms with Gasteiger partial charge < -0.3 is 19.7 Å². The second kappa shape index (κ2) is 14.4. The average Bonchev–Trinajstić information content (AvgIpc) is 3.15. The van der Waals surface area contributed by atoms with E-state index in [9.17, 15) is 19.2 Å². The number of nitrogens with zero attached hydrogens (tertiary/aromatic N) is 5. The number of esters is 1. The molecule has 270 valence electrons. The number of amides is 1. The number of aryl methyl sites for hydroxylation is 3. The van der Waals surface area contributed by atoms with Crippen molar-refractivity contribution in [1.82, 2.24) is 24.4 Å². The molecule has 13 heteroatoms. The number of hydrogen-bond donors (Lipinski definition) is 1. The van der Waals surface area contributed by atoms with Crippen LogP contribution < -0.4 is 26.2 Å². The second-order valence-corrected chi connectivity index (χ2v) is 13.2. The zero-order chi connectivity index (χ0) is 37.4. The number of fused-ring (bicyclic) bond motifs is 2. The van der Waals surface area contributed by atoms with Crippen LogP contribution in [0.4, 0.5) is 10.1 Å². The van der Waals surface area contributed by atoms with Gasteiger partial charge in [0.05, 0.1) is 47.1 Å². The Bertz CT molecular complexity index is 2490. The van der Waals surface area contributed by atoms with Gasteiger partial charge in [-0.25, -0.2) is 18.5 Å². The van der Waals surface area contributed by atoms with E-state index in [2.05, 4.69) is 15.3 Å². The molecule has 1 N–H and O–H groups in total. The van der Waals surface area contributed by atoms with Gasteiger partial charge in [0.1, 0.15) is 17.6 Å². The molecule has 2 atom stereocenters. The summed E-state index contributed by atoms with van der Waals surface area (Å²) in [4.78, 5) is 65.6. The van der Waals surface area contributed by atoms with E-state index in [1.807, 2.05) is 18.7 Å². The summed E-state index contributed by atoms with van der Waals surface area (Å²) in [5.74, 6) is -2.01. The molecule has 0 spiro atoms. The number of carbonyl (C=O) groups is 2. The lowest BCUT2D eigenvalue weighted by Gasteiger charge is -2.35. The van der Waals surface area contributed by atoms with Crippen molar-refractivity contribution in [3.63, 3.8) is 0 Å². The van der Waals surface area contributed by atoms with Crippen molar-refractivity contribution >= 4 is 39.4 Å². The molecule has 53 heavy (non-hydrogen) atoms. The maximum absolute atomic E-state index is 15.8. The Labute approximate surface area is 303 Å². The van der Waals surface area contributed by atoms with Crippen LogP contribution in [-0.4, -0.2) is 62.8 Å². The summed E-state index contributed by atoms with van der Waals surface area (Å²) >= 11 is 0. The van der Waals surface area contributed by atoms with Crippen molar-refractivity contribution in [2.24, 2.45) is 7.05 Å². The second-order valence-electron chi connectivity index (χ2n) is 13.2. The lowest BCUT2D eigenvalue weighted by molar-refractivity contribution is -0.136. The summed E-state index contributed by atoms with van der Waals surface area (Å²) in [7, 11) is 1.56. The number of hydrogen-bond acceptors (Lipinski definition) is 9. The Hall–Kier alpha value is -6.21. The minimum atomic E-state index is -1.28. The summed E-state index contributed by atoms with van der Waals surface area (Å²) in [5.41, 5.74) is 2.20. The third-order valence-electron chi connectivity index (χ3n) is 9.60. The fourth-order valence-electron chi connectivity index (χ4n) is 6.81. The summed E-state index contributed by atoms with van der Waals surface area (Å²) in [6.07, 6.45) is 4.39. The molecule has 1 saturated heterocycles. The van der Waals surface area contributed by atoms with Crippen LogP contribution in [0, 0.1) is 19.7 Å². The highest BCUT2D eigenvalue weighted by Gasteiger charge is 2.29. The third-order valence-corrected chi connectivity index (χ3v) is 9.60.